The molecule has 0 spiro atoms. The molecule has 0 bridgehead atoms. The molecule has 0 aromatic heterocycles. The van der Waals surface area contributed by atoms with Crippen molar-refractivity contribution in [2.75, 3.05) is 45.0 Å². The third-order valence-electron chi connectivity index (χ3n) is 4.05. The van der Waals surface area contributed by atoms with Gasteiger partial charge in [-0.1, -0.05) is 6.92 Å². The molecule has 1 aliphatic heterocycles. The second-order valence-electron chi connectivity index (χ2n) is 6.02. The molecule has 1 aromatic carbocycles. The Morgan fingerprint density at radius 1 is 1.28 bits per heavy atom. The number of piperazine rings is 1. The lowest BCUT2D eigenvalue weighted by Crippen LogP contribution is -3.15. The van der Waals surface area contributed by atoms with Gasteiger partial charge in [-0.25, -0.2) is 8.78 Å². The fourth-order valence-corrected chi connectivity index (χ4v) is 3.45. The molecule has 1 aliphatic rings. The van der Waals surface area contributed by atoms with Crippen LogP contribution in [0.2, 0.25) is 0 Å². The highest BCUT2D eigenvalue weighted by Gasteiger charge is 2.25. The quantitative estimate of drug-likeness (QED) is 0.678. The number of hydrogen-bond acceptors (Lipinski definition) is 3. The van der Waals surface area contributed by atoms with Crippen molar-refractivity contribution in [2.24, 2.45) is 0 Å². The Hall–Kier alpha value is -1.67. The molecule has 0 radical (unpaired) electrons. The van der Waals surface area contributed by atoms with E-state index in [0.29, 0.717) is 26.2 Å². The molecule has 2 rings (SSSR count). The smallest absolute Gasteiger partial charge is 0.275 e. The first-order valence-electron chi connectivity index (χ1n) is 8.45. The minimum Gasteiger partial charge on any atom is -0.351 e. The zero-order valence-corrected chi connectivity index (χ0v) is 15.1. The summed E-state index contributed by atoms with van der Waals surface area (Å²) < 4.78 is 26.5. The molecule has 5 nitrogen and oxygen atoms in total. The average molecular weight is 372 g/mol. The Labute approximate surface area is 150 Å². The third kappa shape index (κ3) is 6.28. The summed E-state index contributed by atoms with van der Waals surface area (Å²) in [5, 5.41) is 2.86. The van der Waals surface area contributed by atoms with Gasteiger partial charge in [-0.05, 0) is 18.6 Å². The van der Waals surface area contributed by atoms with E-state index in [2.05, 4.69) is 5.32 Å². The number of nitrogens with one attached hydrogen (secondary N) is 2. The number of quaternary nitrogens is 1. The summed E-state index contributed by atoms with van der Waals surface area (Å²) in [5.41, 5.74) is 0. The zero-order valence-electron chi connectivity index (χ0n) is 14.3. The molecule has 1 saturated heterocycles. The highest BCUT2D eigenvalue weighted by Crippen LogP contribution is 2.22. The van der Waals surface area contributed by atoms with Gasteiger partial charge in [0.05, 0.1) is 31.9 Å². The van der Waals surface area contributed by atoms with Crippen LogP contribution >= 0.6 is 11.8 Å². The van der Waals surface area contributed by atoms with Crippen molar-refractivity contribution >= 4 is 23.6 Å². The molecule has 2 N–H and O–H groups in total. The molecule has 0 unspecified atom stereocenters. The lowest BCUT2D eigenvalue weighted by Gasteiger charge is -2.31. The van der Waals surface area contributed by atoms with Crippen molar-refractivity contribution in [3.05, 3.63) is 29.8 Å². The van der Waals surface area contributed by atoms with Crippen molar-refractivity contribution in [1.29, 1.82) is 0 Å². The van der Waals surface area contributed by atoms with Gasteiger partial charge in [0, 0.05) is 17.5 Å². The van der Waals surface area contributed by atoms with E-state index in [0.717, 1.165) is 42.2 Å². The molecule has 1 fully saturated rings. The average Bonchev–Trinajstić information content (AvgIpc) is 2.59. The van der Waals surface area contributed by atoms with Crippen LogP contribution < -0.4 is 10.2 Å². The van der Waals surface area contributed by atoms with Crippen LogP contribution in [0.4, 0.5) is 8.78 Å². The van der Waals surface area contributed by atoms with Crippen molar-refractivity contribution < 1.29 is 23.3 Å². The van der Waals surface area contributed by atoms with Crippen LogP contribution in [0.3, 0.4) is 0 Å². The highest BCUT2D eigenvalue weighted by atomic mass is 32.2. The highest BCUT2D eigenvalue weighted by molar-refractivity contribution is 8.00. The summed E-state index contributed by atoms with van der Waals surface area (Å²) in [4.78, 5) is 27.1. The van der Waals surface area contributed by atoms with Crippen LogP contribution in [0, 0.1) is 11.6 Å². The van der Waals surface area contributed by atoms with Gasteiger partial charge in [0.1, 0.15) is 11.6 Å². The Morgan fingerprint density at radius 3 is 2.64 bits per heavy atom. The monoisotopic (exact) mass is 372 g/mol. The van der Waals surface area contributed by atoms with Crippen molar-refractivity contribution in [2.45, 2.75) is 18.2 Å². The van der Waals surface area contributed by atoms with E-state index in [1.54, 1.807) is 4.90 Å². The first-order valence-corrected chi connectivity index (χ1v) is 9.44. The summed E-state index contributed by atoms with van der Waals surface area (Å²) in [6, 6.07) is 3.35. The van der Waals surface area contributed by atoms with Crippen molar-refractivity contribution in [3.8, 4) is 0 Å². The van der Waals surface area contributed by atoms with Crippen LogP contribution in [0.15, 0.2) is 23.1 Å². The normalized spacial score (nSPS) is 15.2. The number of halogens is 2. The molecule has 8 heteroatoms. The van der Waals surface area contributed by atoms with Gasteiger partial charge < -0.3 is 15.1 Å². The molecular formula is C17H24F2N3O2S+. The second kappa shape index (κ2) is 9.72. The third-order valence-corrected chi connectivity index (χ3v) is 5.08. The van der Waals surface area contributed by atoms with E-state index in [4.69, 9.17) is 0 Å². The van der Waals surface area contributed by atoms with Crippen LogP contribution in [0.5, 0.6) is 0 Å². The maximum absolute atomic E-state index is 13.6. The number of benzene rings is 1. The molecule has 138 valence electrons. The Morgan fingerprint density at radius 2 is 2.00 bits per heavy atom. The van der Waals surface area contributed by atoms with Gasteiger partial charge in [-0.2, -0.15) is 0 Å². The van der Waals surface area contributed by atoms with Gasteiger partial charge >= 0.3 is 0 Å². The van der Waals surface area contributed by atoms with Crippen molar-refractivity contribution in [1.82, 2.24) is 10.2 Å². The number of thioether (sulfide) groups is 1. The number of rotatable bonds is 7. The first-order chi connectivity index (χ1) is 12.0. The predicted molar refractivity (Wildman–Crippen MR) is 92.5 cm³/mol. The molecular weight excluding hydrogens is 348 g/mol. The molecule has 25 heavy (non-hydrogen) atoms. The van der Waals surface area contributed by atoms with E-state index >= 15 is 0 Å². The summed E-state index contributed by atoms with van der Waals surface area (Å²) in [7, 11) is 0. The van der Waals surface area contributed by atoms with Gasteiger partial charge in [0.2, 0.25) is 5.91 Å². The predicted octanol–water partition coefficient (Wildman–Crippen LogP) is 0.310. The molecule has 0 atom stereocenters. The van der Waals surface area contributed by atoms with Gasteiger partial charge in [-0.3, -0.25) is 9.59 Å². The summed E-state index contributed by atoms with van der Waals surface area (Å²) in [6.07, 6.45) is 0.912. The standard InChI is InChI=1S/C17H23F2N3O2S/c1-2-5-20-16(23)11-21-6-8-22(9-7-21)17(24)12-25-15-4-3-13(18)10-14(15)19/h3-4,10H,2,5-9,11-12H2,1H3,(H,20,23)/p+1. The van der Waals surface area contributed by atoms with Crippen LogP contribution in [-0.4, -0.2) is 61.7 Å². The second-order valence-corrected chi connectivity index (χ2v) is 7.04. The maximum Gasteiger partial charge on any atom is 0.275 e. The summed E-state index contributed by atoms with van der Waals surface area (Å²) in [5.74, 6) is -1.18. The van der Waals surface area contributed by atoms with E-state index in [1.807, 2.05) is 6.92 Å². The van der Waals surface area contributed by atoms with Crippen LogP contribution in [0.1, 0.15) is 13.3 Å². The minimum atomic E-state index is -0.648. The maximum atomic E-state index is 13.6. The number of amides is 2. The van der Waals surface area contributed by atoms with Gasteiger partial charge in [-0.15, -0.1) is 11.8 Å². The Bertz CT molecular complexity index is 608. The fraction of sp³-hybridized carbons (Fsp3) is 0.529. The van der Waals surface area contributed by atoms with E-state index < -0.39 is 11.6 Å². The van der Waals surface area contributed by atoms with Crippen LogP contribution in [-0.2, 0) is 9.59 Å². The largest absolute Gasteiger partial charge is 0.351 e. The minimum absolute atomic E-state index is 0.0407. The lowest BCUT2D eigenvalue weighted by atomic mass is 10.3. The summed E-state index contributed by atoms with van der Waals surface area (Å²) in [6.45, 7) is 5.74. The number of hydrogen-bond donors (Lipinski definition) is 2. The van der Waals surface area contributed by atoms with E-state index in [1.165, 1.54) is 12.1 Å². The zero-order chi connectivity index (χ0) is 18.2. The lowest BCUT2D eigenvalue weighted by molar-refractivity contribution is -0.896. The van der Waals surface area contributed by atoms with E-state index in [9.17, 15) is 18.4 Å². The van der Waals surface area contributed by atoms with Gasteiger partial charge in [0.25, 0.3) is 5.91 Å². The van der Waals surface area contributed by atoms with Gasteiger partial charge in [0.15, 0.2) is 6.54 Å². The fourth-order valence-electron chi connectivity index (χ4n) is 2.63. The molecule has 1 aromatic rings. The molecule has 0 saturated carbocycles. The topological polar surface area (TPSA) is 53.9 Å². The number of carbonyl (C=O) groups excluding carboxylic acids is 2. The van der Waals surface area contributed by atoms with E-state index in [-0.39, 0.29) is 22.5 Å². The Kier molecular flexibility index (Phi) is 7.64. The number of carbonyl (C=O) groups is 2. The first kappa shape index (κ1) is 19.7. The van der Waals surface area contributed by atoms with Crippen LogP contribution in [0.25, 0.3) is 0 Å². The number of nitrogens with zero attached hydrogens (tertiary/aromatic N) is 1. The molecule has 0 aliphatic carbocycles. The molecule has 2 amide bonds. The summed E-state index contributed by atoms with van der Waals surface area (Å²) >= 11 is 1.07. The SMILES string of the molecule is CCCNC(=O)C[NH+]1CCN(C(=O)CSc2ccc(F)cc2F)CC1. The Balaban J connectivity index is 1.73. The molecule has 1 heterocycles. The van der Waals surface area contributed by atoms with Crippen molar-refractivity contribution in [3.63, 3.8) is 0 Å².